The molecule has 0 aliphatic heterocycles. The molecule has 0 unspecified atom stereocenters. The molecule has 154 valence electrons. The number of ether oxygens (including phenoxy) is 2. The van der Waals surface area contributed by atoms with Crippen molar-refractivity contribution in [2.75, 3.05) is 13.2 Å². The van der Waals surface area contributed by atoms with Crippen molar-refractivity contribution >= 4 is 44.7 Å². The maximum absolute atomic E-state index is 11.1. The van der Waals surface area contributed by atoms with Gasteiger partial charge in [0.2, 0.25) is 0 Å². The molecule has 0 saturated heterocycles. The van der Waals surface area contributed by atoms with Crippen LogP contribution in [0.1, 0.15) is 13.8 Å². The maximum Gasteiger partial charge on any atom is 0.131 e. The van der Waals surface area contributed by atoms with Gasteiger partial charge in [-0.3, -0.25) is 0 Å². The zero-order valence-corrected chi connectivity index (χ0v) is 18.0. The highest BCUT2D eigenvalue weighted by molar-refractivity contribution is 6.32. The number of hydrogen-bond donors (Lipinski definition) is 2. The van der Waals surface area contributed by atoms with Gasteiger partial charge < -0.3 is 19.7 Å². The summed E-state index contributed by atoms with van der Waals surface area (Å²) in [5.74, 6) is 1.18. The van der Waals surface area contributed by atoms with Gasteiger partial charge in [-0.05, 0) is 62.4 Å². The molecule has 0 heterocycles. The summed E-state index contributed by atoms with van der Waals surface area (Å²) in [4.78, 5) is 0. The van der Waals surface area contributed by atoms with Crippen molar-refractivity contribution in [2.45, 2.75) is 13.8 Å². The Labute approximate surface area is 184 Å². The quantitative estimate of drug-likeness (QED) is 0.343. The van der Waals surface area contributed by atoms with Gasteiger partial charge in [0.05, 0.1) is 13.2 Å². The van der Waals surface area contributed by atoms with Crippen LogP contribution in [0.4, 0.5) is 0 Å². The summed E-state index contributed by atoms with van der Waals surface area (Å²) in [6.45, 7) is 4.65. The Balaban J connectivity index is 2.07. The third-order valence-corrected chi connectivity index (χ3v) is 5.43. The highest BCUT2D eigenvalue weighted by Crippen LogP contribution is 2.48. The number of aromatic hydroxyl groups is 2. The van der Waals surface area contributed by atoms with Crippen molar-refractivity contribution in [3.05, 3.63) is 58.6 Å². The Morgan fingerprint density at radius 3 is 1.40 bits per heavy atom. The van der Waals surface area contributed by atoms with E-state index in [1.807, 2.05) is 13.8 Å². The minimum atomic E-state index is 0.0242. The molecule has 6 heteroatoms. The Kier molecular flexibility index (Phi) is 5.54. The molecule has 0 aromatic heterocycles. The van der Waals surface area contributed by atoms with Crippen LogP contribution in [-0.2, 0) is 0 Å². The van der Waals surface area contributed by atoms with Gasteiger partial charge in [-0.25, -0.2) is 0 Å². The smallest absolute Gasteiger partial charge is 0.131 e. The van der Waals surface area contributed by atoms with Gasteiger partial charge in [0.1, 0.15) is 23.0 Å². The van der Waals surface area contributed by atoms with Crippen LogP contribution in [0.5, 0.6) is 23.0 Å². The number of benzene rings is 4. The fourth-order valence-corrected chi connectivity index (χ4v) is 4.00. The van der Waals surface area contributed by atoms with E-state index in [-0.39, 0.29) is 11.5 Å². The zero-order valence-electron chi connectivity index (χ0n) is 16.5. The normalized spacial score (nSPS) is 11.2. The Bertz CT molecular complexity index is 1170. The second kappa shape index (κ2) is 8.13. The predicted octanol–water partition coefficient (Wildman–Crippen LogP) is 7.18. The van der Waals surface area contributed by atoms with Crippen molar-refractivity contribution < 1.29 is 19.7 Å². The molecule has 30 heavy (non-hydrogen) atoms. The lowest BCUT2D eigenvalue weighted by Gasteiger charge is -2.17. The second-order valence-corrected chi connectivity index (χ2v) is 7.66. The first kappa shape index (κ1) is 20.5. The van der Waals surface area contributed by atoms with Gasteiger partial charge in [0.25, 0.3) is 0 Å². The van der Waals surface area contributed by atoms with Crippen LogP contribution in [0.2, 0.25) is 10.0 Å². The number of hydrogen-bond acceptors (Lipinski definition) is 4. The summed E-state index contributed by atoms with van der Waals surface area (Å²) in [6.07, 6.45) is 0. The fourth-order valence-electron chi connectivity index (χ4n) is 3.66. The Morgan fingerprint density at radius 1 is 0.633 bits per heavy atom. The fraction of sp³-hybridized carbons (Fsp3) is 0.167. The number of phenols is 2. The summed E-state index contributed by atoms with van der Waals surface area (Å²) in [5.41, 5.74) is 0.868. The molecule has 0 saturated carbocycles. The average molecular weight is 443 g/mol. The summed E-state index contributed by atoms with van der Waals surface area (Å²) in [7, 11) is 0. The molecular formula is C24H20Cl2O4. The summed E-state index contributed by atoms with van der Waals surface area (Å²) >= 11 is 12.3. The van der Waals surface area contributed by atoms with Crippen molar-refractivity contribution in [1.82, 2.24) is 0 Å². The molecule has 4 nitrogen and oxygen atoms in total. The molecule has 0 bridgehead atoms. The topological polar surface area (TPSA) is 58.9 Å². The van der Waals surface area contributed by atoms with Gasteiger partial charge >= 0.3 is 0 Å². The van der Waals surface area contributed by atoms with Crippen molar-refractivity contribution in [3.8, 4) is 34.1 Å². The third kappa shape index (κ3) is 3.47. The van der Waals surface area contributed by atoms with Gasteiger partial charge in [-0.15, -0.1) is 0 Å². The first-order chi connectivity index (χ1) is 14.4. The molecule has 4 rings (SSSR count). The van der Waals surface area contributed by atoms with Crippen molar-refractivity contribution in [3.63, 3.8) is 0 Å². The van der Waals surface area contributed by atoms with Crippen LogP contribution in [0.25, 0.3) is 32.7 Å². The second-order valence-electron chi connectivity index (χ2n) is 6.79. The molecule has 0 spiro atoms. The largest absolute Gasteiger partial charge is 0.507 e. The molecule has 0 aliphatic rings. The van der Waals surface area contributed by atoms with E-state index in [1.54, 1.807) is 48.5 Å². The van der Waals surface area contributed by atoms with Crippen LogP contribution in [-0.4, -0.2) is 23.4 Å². The van der Waals surface area contributed by atoms with Crippen molar-refractivity contribution in [2.24, 2.45) is 0 Å². The molecule has 4 aromatic carbocycles. The predicted molar refractivity (Wildman–Crippen MR) is 123 cm³/mol. The van der Waals surface area contributed by atoms with E-state index in [2.05, 4.69) is 0 Å². The Hall–Kier alpha value is -2.82. The first-order valence-electron chi connectivity index (χ1n) is 9.61. The molecule has 0 atom stereocenters. The number of fused-ring (bicyclic) bond motifs is 2. The van der Waals surface area contributed by atoms with E-state index in [4.69, 9.17) is 32.7 Å². The van der Waals surface area contributed by atoms with Crippen LogP contribution in [0.15, 0.2) is 48.5 Å². The van der Waals surface area contributed by atoms with Crippen LogP contribution < -0.4 is 9.47 Å². The maximum atomic E-state index is 11.1. The minimum absolute atomic E-state index is 0.0242. The van der Waals surface area contributed by atoms with Gasteiger partial charge in [-0.1, -0.05) is 23.2 Å². The van der Waals surface area contributed by atoms with Crippen LogP contribution >= 0.6 is 23.2 Å². The summed E-state index contributed by atoms with van der Waals surface area (Å²) < 4.78 is 11.6. The van der Waals surface area contributed by atoms with E-state index in [9.17, 15) is 10.2 Å². The molecule has 4 aromatic rings. The number of halogens is 2. The molecule has 0 fully saturated rings. The van der Waals surface area contributed by atoms with Gasteiger partial charge in [0.15, 0.2) is 0 Å². The summed E-state index contributed by atoms with van der Waals surface area (Å²) in [5, 5.41) is 25.8. The average Bonchev–Trinajstić information content (AvgIpc) is 2.72. The molecular weight excluding hydrogens is 423 g/mol. The van der Waals surface area contributed by atoms with Crippen LogP contribution in [0, 0.1) is 0 Å². The lowest BCUT2D eigenvalue weighted by atomic mass is 9.95. The highest BCUT2D eigenvalue weighted by atomic mass is 35.5. The summed E-state index contributed by atoms with van der Waals surface area (Å²) in [6, 6.07) is 13.8. The minimum Gasteiger partial charge on any atom is -0.507 e. The van der Waals surface area contributed by atoms with E-state index in [0.29, 0.717) is 67.4 Å². The number of rotatable bonds is 5. The van der Waals surface area contributed by atoms with E-state index in [1.165, 1.54) is 0 Å². The lowest BCUT2D eigenvalue weighted by Crippen LogP contribution is -1.96. The standard InChI is InChI=1S/C24H20Cl2O4/c1-3-29-21-11-19(23(27)15-7-5-13(25)9-17(15)21)20-12-22(30-4-2)18-10-14(26)6-8-16(18)24(20)28/h5-12,27-28H,3-4H2,1-2H3. The van der Waals surface area contributed by atoms with Gasteiger partial charge in [-0.2, -0.15) is 0 Å². The van der Waals surface area contributed by atoms with E-state index in [0.717, 1.165) is 0 Å². The first-order valence-corrected chi connectivity index (χ1v) is 10.4. The van der Waals surface area contributed by atoms with E-state index >= 15 is 0 Å². The highest BCUT2D eigenvalue weighted by Gasteiger charge is 2.20. The molecule has 0 aliphatic carbocycles. The van der Waals surface area contributed by atoms with Gasteiger partial charge in [0, 0.05) is 42.7 Å². The molecule has 2 N–H and O–H groups in total. The SMILES string of the molecule is CCOc1cc(-c2cc(OCC)c3cc(Cl)ccc3c2O)c(O)c2ccc(Cl)cc12. The molecule has 0 radical (unpaired) electrons. The Morgan fingerprint density at radius 2 is 1.03 bits per heavy atom. The zero-order chi connectivity index (χ0) is 21.4. The third-order valence-electron chi connectivity index (χ3n) is 4.96. The van der Waals surface area contributed by atoms with E-state index < -0.39 is 0 Å². The lowest BCUT2D eigenvalue weighted by molar-refractivity contribution is 0.343. The molecule has 0 amide bonds. The number of phenolic OH excluding ortho intramolecular Hbond substituents is 2. The van der Waals surface area contributed by atoms with Crippen LogP contribution in [0.3, 0.4) is 0 Å². The monoisotopic (exact) mass is 442 g/mol. The van der Waals surface area contributed by atoms with Crippen molar-refractivity contribution in [1.29, 1.82) is 0 Å².